The highest BCUT2D eigenvalue weighted by molar-refractivity contribution is 5.92. The van der Waals surface area contributed by atoms with E-state index in [2.05, 4.69) is 16.0 Å². The number of aromatic hydroxyl groups is 1. The van der Waals surface area contributed by atoms with Crippen molar-refractivity contribution >= 4 is 23.7 Å². The smallest absolute Gasteiger partial charge is 0.326 e. The average Bonchev–Trinajstić information content (AvgIpc) is 2.65. The van der Waals surface area contributed by atoms with Crippen LogP contribution in [0.1, 0.15) is 25.8 Å². The van der Waals surface area contributed by atoms with E-state index in [0.717, 1.165) is 5.56 Å². The number of phenols is 1. The van der Waals surface area contributed by atoms with E-state index in [4.69, 9.17) is 10.8 Å². The lowest BCUT2D eigenvalue weighted by Crippen LogP contribution is -2.52. The van der Waals surface area contributed by atoms with E-state index in [-0.39, 0.29) is 18.6 Å². The minimum atomic E-state index is -1.16. The van der Waals surface area contributed by atoms with Crippen LogP contribution in [-0.2, 0) is 25.6 Å². The summed E-state index contributed by atoms with van der Waals surface area (Å²) < 4.78 is 0. The van der Waals surface area contributed by atoms with E-state index in [1.807, 2.05) is 0 Å². The third kappa shape index (κ3) is 7.62. The van der Waals surface area contributed by atoms with E-state index >= 15 is 0 Å². The van der Waals surface area contributed by atoms with Gasteiger partial charge in [0.15, 0.2) is 0 Å². The van der Waals surface area contributed by atoms with Crippen LogP contribution in [0.25, 0.3) is 0 Å². The molecule has 28 heavy (non-hydrogen) atoms. The number of nitrogens with one attached hydrogen (secondary N) is 3. The summed E-state index contributed by atoms with van der Waals surface area (Å²) in [7, 11) is 0. The Balaban J connectivity index is 2.43. The molecule has 3 amide bonds. The van der Waals surface area contributed by atoms with Crippen LogP contribution >= 0.6 is 0 Å². The fraction of sp³-hybridized carbons (Fsp3) is 0.444. The van der Waals surface area contributed by atoms with Gasteiger partial charge in [0, 0.05) is 0 Å². The highest BCUT2D eigenvalue weighted by Crippen LogP contribution is 2.10. The molecule has 7 N–H and O–H groups in total. The number of hydrogen-bond acceptors (Lipinski definition) is 6. The van der Waals surface area contributed by atoms with Gasteiger partial charge < -0.3 is 31.9 Å². The van der Waals surface area contributed by atoms with Crippen LogP contribution < -0.4 is 21.7 Å². The van der Waals surface area contributed by atoms with Crippen molar-refractivity contribution in [3.8, 4) is 5.75 Å². The molecule has 1 aromatic carbocycles. The molecule has 10 nitrogen and oxygen atoms in total. The normalized spacial score (nSPS) is 13.7. The molecule has 0 aliphatic carbocycles. The predicted octanol–water partition coefficient (Wildman–Crippen LogP) is -1.14. The number of carbonyl (C=O) groups excluding carboxylic acids is 3. The van der Waals surface area contributed by atoms with Crippen molar-refractivity contribution in [1.29, 1.82) is 0 Å². The predicted molar refractivity (Wildman–Crippen MR) is 100 cm³/mol. The van der Waals surface area contributed by atoms with Gasteiger partial charge in [-0.25, -0.2) is 4.79 Å². The first-order chi connectivity index (χ1) is 13.1. The van der Waals surface area contributed by atoms with E-state index in [0.29, 0.717) is 0 Å². The molecule has 0 fully saturated rings. The van der Waals surface area contributed by atoms with E-state index in [1.165, 1.54) is 19.1 Å². The lowest BCUT2D eigenvalue weighted by Gasteiger charge is -2.18. The molecule has 0 radical (unpaired) electrons. The SMILES string of the molecule is CCC(NC(=O)CNC(=O)C(C)NC(=O)C(N)Cc1ccc(O)cc1)C(=O)O. The number of amides is 3. The number of carboxylic acid groups (broad SMARTS) is 1. The van der Waals surface area contributed by atoms with Crippen LogP contribution in [0.2, 0.25) is 0 Å². The van der Waals surface area contributed by atoms with Crippen LogP contribution in [-0.4, -0.2) is 58.6 Å². The Morgan fingerprint density at radius 3 is 2.21 bits per heavy atom. The highest BCUT2D eigenvalue weighted by atomic mass is 16.4. The second-order valence-corrected chi connectivity index (χ2v) is 6.29. The molecular weight excluding hydrogens is 368 g/mol. The topological polar surface area (TPSA) is 171 Å². The number of carboxylic acids is 1. The minimum absolute atomic E-state index is 0.102. The molecule has 0 aliphatic heterocycles. The van der Waals surface area contributed by atoms with Crippen LogP contribution in [0.4, 0.5) is 0 Å². The molecular formula is C18H26N4O6. The summed E-state index contributed by atoms with van der Waals surface area (Å²) in [6, 6.07) is 3.37. The van der Waals surface area contributed by atoms with Crippen molar-refractivity contribution in [3.05, 3.63) is 29.8 Å². The Labute approximate surface area is 162 Å². The maximum absolute atomic E-state index is 12.1. The van der Waals surface area contributed by atoms with E-state index in [9.17, 15) is 24.3 Å². The fourth-order valence-corrected chi connectivity index (χ4v) is 2.27. The van der Waals surface area contributed by atoms with Gasteiger partial charge in [0.1, 0.15) is 17.8 Å². The van der Waals surface area contributed by atoms with Gasteiger partial charge in [0.05, 0.1) is 12.6 Å². The number of nitrogens with two attached hydrogens (primary N) is 1. The second-order valence-electron chi connectivity index (χ2n) is 6.29. The number of hydrogen-bond donors (Lipinski definition) is 6. The summed E-state index contributed by atoms with van der Waals surface area (Å²) in [5.41, 5.74) is 6.58. The van der Waals surface area contributed by atoms with Crippen molar-refractivity contribution in [1.82, 2.24) is 16.0 Å². The van der Waals surface area contributed by atoms with Crippen molar-refractivity contribution in [2.75, 3.05) is 6.54 Å². The molecule has 0 spiro atoms. The molecule has 3 unspecified atom stereocenters. The zero-order chi connectivity index (χ0) is 21.3. The Morgan fingerprint density at radius 2 is 1.68 bits per heavy atom. The van der Waals surface area contributed by atoms with Gasteiger partial charge in [0.25, 0.3) is 0 Å². The summed E-state index contributed by atoms with van der Waals surface area (Å²) in [4.78, 5) is 46.7. The zero-order valence-corrected chi connectivity index (χ0v) is 15.8. The quantitative estimate of drug-likeness (QED) is 0.291. The third-order valence-electron chi connectivity index (χ3n) is 3.95. The van der Waals surface area contributed by atoms with Gasteiger partial charge in [-0.2, -0.15) is 0 Å². The Hall–Kier alpha value is -3.14. The number of aliphatic carboxylic acids is 1. The molecule has 0 bridgehead atoms. The van der Waals surface area contributed by atoms with Crippen LogP contribution in [0.15, 0.2) is 24.3 Å². The molecule has 3 atom stereocenters. The lowest BCUT2D eigenvalue weighted by atomic mass is 10.1. The number of rotatable bonds is 10. The highest BCUT2D eigenvalue weighted by Gasteiger charge is 2.22. The first kappa shape index (κ1) is 22.9. The summed E-state index contributed by atoms with van der Waals surface area (Å²) in [5, 5.41) is 25.2. The molecule has 0 aromatic heterocycles. The minimum Gasteiger partial charge on any atom is -0.508 e. The maximum atomic E-state index is 12.1. The van der Waals surface area contributed by atoms with Gasteiger partial charge in [-0.05, 0) is 37.5 Å². The molecule has 1 rings (SSSR count). The average molecular weight is 394 g/mol. The van der Waals surface area contributed by atoms with Crippen molar-refractivity contribution < 1.29 is 29.4 Å². The number of phenolic OH excluding ortho intramolecular Hbond substituents is 1. The van der Waals surface area contributed by atoms with E-state index < -0.39 is 48.4 Å². The van der Waals surface area contributed by atoms with Crippen molar-refractivity contribution in [2.45, 2.75) is 44.8 Å². The Kier molecular flexibility index (Phi) is 8.89. The van der Waals surface area contributed by atoms with Crippen LogP contribution in [0.3, 0.4) is 0 Å². The standard InChI is InChI=1S/C18H26N4O6/c1-3-14(18(27)28)22-15(24)9-20-16(25)10(2)21-17(26)13(19)8-11-4-6-12(23)7-5-11/h4-7,10,13-14,23H,3,8-9,19H2,1-2H3,(H,20,25)(H,21,26)(H,22,24)(H,27,28). The van der Waals surface area contributed by atoms with Gasteiger partial charge in [-0.3, -0.25) is 14.4 Å². The Morgan fingerprint density at radius 1 is 1.07 bits per heavy atom. The Bertz CT molecular complexity index is 707. The van der Waals surface area contributed by atoms with Gasteiger partial charge >= 0.3 is 5.97 Å². The van der Waals surface area contributed by atoms with Crippen LogP contribution in [0, 0.1) is 0 Å². The third-order valence-corrected chi connectivity index (χ3v) is 3.95. The first-order valence-electron chi connectivity index (χ1n) is 8.77. The second kappa shape index (κ2) is 10.9. The summed E-state index contributed by atoms with van der Waals surface area (Å²) in [5.74, 6) is -2.86. The zero-order valence-electron chi connectivity index (χ0n) is 15.8. The summed E-state index contributed by atoms with van der Waals surface area (Å²) in [6.07, 6.45) is 0.427. The van der Waals surface area contributed by atoms with Gasteiger partial charge in [-0.1, -0.05) is 19.1 Å². The summed E-state index contributed by atoms with van der Waals surface area (Å²) in [6.45, 7) is 2.63. The maximum Gasteiger partial charge on any atom is 0.326 e. The number of carbonyl (C=O) groups is 4. The monoisotopic (exact) mass is 394 g/mol. The molecule has 0 saturated carbocycles. The van der Waals surface area contributed by atoms with Crippen molar-refractivity contribution in [2.24, 2.45) is 5.73 Å². The van der Waals surface area contributed by atoms with Gasteiger partial charge in [0.2, 0.25) is 17.7 Å². The van der Waals surface area contributed by atoms with Gasteiger partial charge in [-0.15, -0.1) is 0 Å². The molecule has 10 heteroatoms. The summed E-state index contributed by atoms with van der Waals surface area (Å²) >= 11 is 0. The van der Waals surface area contributed by atoms with Crippen molar-refractivity contribution in [3.63, 3.8) is 0 Å². The molecule has 154 valence electrons. The molecule has 0 heterocycles. The fourth-order valence-electron chi connectivity index (χ4n) is 2.27. The molecule has 1 aromatic rings. The lowest BCUT2D eigenvalue weighted by molar-refractivity contribution is -0.141. The number of benzene rings is 1. The van der Waals surface area contributed by atoms with E-state index in [1.54, 1.807) is 19.1 Å². The van der Waals surface area contributed by atoms with Crippen LogP contribution in [0.5, 0.6) is 5.75 Å². The largest absolute Gasteiger partial charge is 0.508 e. The first-order valence-corrected chi connectivity index (χ1v) is 8.77. The molecule has 0 aliphatic rings. The molecule has 0 saturated heterocycles.